The lowest BCUT2D eigenvalue weighted by molar-refractivity contribution is 0.414. The minimum absolute atomic E-state index is 0.460. The van der Waals surface area contributed by atoms with Gasteiger partial charge in [0.1, 0.15) is 5.75 Å². The quantitative estimate of drug-likeness (QED) is 0.665. The number of hydrogen-bond donors (Lipinski definition) is 1. The van der Waals surface area contributed by atoms with Gasteiger partial charge in [0.2, 0.25) is 5.16 Å². The van der Waals surface area contributed by atoms with E-state index in [0.29, 0.717) is 11.0 Å². The van der Waals surface area contributed by atoms with Gasteiger partial charge in [0.05, 0.1) is 13.3 Å². The predicted molar refractivity (Wildman–Crippen MR) is 68.0 cm³/mol. The summed E-state index contributed by atoms with van der Waals surface area (Å²) in [6.07, 6.45) is 1.71. The number of aryl methyl sites for hydroxylation is 1. The summed E-state index contributed by atoms with van der Waals surface area (Å²) in [5, 5.41) is 12.4. The summed E-state index contributed by atoms with van der Waals surface area (Å²) < 4.78 is 6.69. The molecule has 0 aliphatic heterocycles. The van der Waals surface area contributed by atoms with Crippen LogP contribution in [0.25, 0.3) is 0 Å². The zero-order valence-corrected chi connectivity index (χ0v) is 10.4. The summed E-state index contributed by atoms with van der Waals surface area (Å²) in [6, 6.07) is 7.61. The van der Waals surface area contributed by atoms with Gasteiger partial charge in [-0.1, -0.05) is 12.1 Å². The predicted octanol–water partition coefficient (Wildman–Crippen LogP) is 1.77. The third kappa shape index (κ3) is 2.65. The van der Waals surface area contributed by atoms with Crippen molar-refractivity contribution in [3.8, 4) is 5.75 Å². The third-order valence-electron chi connectivity index (χ3n) is 2.20. The van der Waals surface area contributed by atoms with Crippen LogP contribution >= 0.6 is 12.6 Å². The number of rotatable bonds is 3. The summed E-state index contributed by atoms with van der Waals surface area (Å²) in [4.78, 5) is 0. The highest BCUT2D eigenvalue weighted by Crippen LogP contribution is 2.11. The van der Waals surface area contributed by atoms with Crippen molar-refractivity contribution in [2.24, 2.45) is 5.10 Å². The fourth-order valence-corrected chi connectivity index (χ4v) is 1.57. The van der Waals surface area contributed by atoms with Crippen LogP contribution in [0.1, 0.15) is 11.4 Å². The van der Waals surface area contributed by atoms with Crippen LogP contribution < -0.4 is 4.74 Å². The summed E-state index contributed by atoms with van der Waals surface area (Å²) in [5.41, 5.74) is 0.935. The van der Waals surface area contributed by atoms with Crippen molar-refractivity contribution < 1.29 is 4.74 Å². The Morgan fingerprint density at radius 2 is 2.24 bits per heavy atom. The summed E-state index contributed by atoms with van der Waals surface area (Å²) in [5.74, 6) is 1.48. The Balaban J connectivity index is 2.26. The first-order chi connectivity index (χ1) is 8.20. The Labute approximate surface area is 105 Å². The molecule has 0 amide bonds. The molecule has 0 bridgehead atoms. The van der Waals surface area contributed by atoms with Gasteiger partial charge in [0.25, 0.3) is 0 Å². The van der Waals surface area contributed by atoms with E-state index in [9.17, 15) is 0 Å². The first-order valence-electron chi connectivity index (χ1n) is 5.00. The zero-order chi connectivity index (χ0) is 12.3. The Bertz CT molecular complexity index is 531. The van der Waals surface area contributed by atoms with Gasteiger partial charge in [-0.25, -0.2) is 0 Å². The molecule has 1 aromatic carbocycles. The first kappa shape index (κ1) is 11.7. The van der Waals surface area contributed by atoms with Crippen LogP contribution in [0.5, 0.6) is 5.75 Å². The standard InChI is InChI=1S/C11H12N4OS/c1-8-13-14-11(17)15(8)12-7-9-4-3-5-10(6-9)16-2/h3-7H,1-2H3,(H,14,17). The fourth-order valence-electron chi connectivity index (χ4n) is 1.33. The Hall–Kier alpha value is -1.82. The van der Waals surface area contributed by atoms with E-state index in [1.165, 1.54) is 0 Å². The van der Waals surface area contributed by atoms with Crippen molar-refractivity contribution in [2.75, 3.05) is 7.11 Å². The Morgan fingerprint density at radius 3 is 2.88 bits per heavy atom. The van der Waals surface area contributed by atoms with Crippen LogP contribution in [-0.4, -0.2) is 28.2 Å². The van der Waals surface area contributed by atoms with Crippen molar-refractivity contribution in [3.63, 3.8) is 0 Å². The van der Waals surface area contributed by atoms with E-state index >= 15 is 0 Å². The van der Waals surface area contributed by atoms with Crippen LogP contribution in [-0.2, 0) is 0 Å². The lowest BCUT2D eigenvalue weighted by Crippen LogP contribution is -1.94. The molecule has 0 atom stereocenters. The van der Waals surface area contributed by atoms with E-state index in [1.54, 1.807) is 18.0 Å². The van der Waals surface area contributed by atoms with Gasteiger partial charge in [-0.15, -0.1) is 22.8 Å². The molecule has 0 saturated heterocycles. The highest BCUT2D eigenvalue weighted by Gasteiger charge is 2.02. The van der Waals surface area contributed by atoms with Crippen LogP contribution in [0.2, 0.25) is 0 Å². The molecule has 88 valence electrons. The first-order valence-corrected chi connectivity index (χ1v) is 5.45. The molecule has 1 aromatic heterocycles. The van der Waals surface area contributed by atoms with Crippen LogP contribution in [0.15, 0.2) is 34.5 Å². The van der Waals surface area contributed by atoms with Gasteiger partial charge < -0.3 is 4.74 Å². The second-order valence-corrected chi connectivity index (χ2v) is 3.78. The number of methoxy groups -OCH3 is 1. The molecule has 0 aliphatic carbocycles. The third-order valence-corrected chi connectivity index (χ3v) is 2.48. The number of benzene rings is 1. The lowest BCUT2D eigenvalue weighted by Gasteiger charge is -2.00. The molecule has 0 spiro atoms. The maximum atomic E-state index is 5.13. The molecular weight excluding hydrogens is 236 g/mol. The topological polar surface area (TPSA) is 52.3 Å². The molecule has 0 fully saturated rings. The van der Waals surface area contributed by atoms with Crippen molar-refractivity contribution in [1.82, 2.24) is 14.9 Å². The average Bonchev–Trinajstić information content (AvgIpc) is 2.67. The average molecular weight is 248 g/mol. The molecule has 2 aromatic rings. The molecule has 0 unspecified atom stereocenters. The molecule has 1 heterocycles. The normalized spacial score (nSPS) is 11.0. The number of hydrogen-bond acceptors (Lipinski definition) is 5. The summed E-state index contributed by atoms with van der Waals surface area (Å²) in [7, 11) is 1.63. The van der Waals surface area contributed by atoms with Crippen LogP contribution in [0.4, 0.5) is 0 Å². The van der Waals surface area contributed by atoms with Gasteiger partial charge in [0.15, 0.2) is 5.82 Å². The molecule has 5 nitrogen and oxygen atoms in total. The maximum Gasteiger partial charge on any atom is 0.208 e. The fraction of sp³-hybridized carbons (Fsp3) is 0.182. The van der Waals surface area contributed by atoms with Crippen LogP contribution in [0, 0.1) is 6.92 Å². The van der Waals surface area contributed by atoms with E-state index in [0.717, 1.165) is 11.3 Å². The molecule has 6 heteroatoms. The van der Waals surface area contributed by atoms with Gasteiger partial charge >= 0.3 is 0 Å². The minimum Gasteiger partial charge on any atom is -0.497 e. The maximum absolute atomic E-state index is 5.13. The van der Waals surface area contributed by atoms with E-state index in [2.05, 4.69) is 27.9 Å². The minimum atomic E-state index is 0.460. The number of nitrogens with zero attached hydrogens (tertiary/aromatic N) is 4. The van der Waals surface area contributed by atoms with E-state index in [-0.39, 0.29) is 0 Å². The van der Waals surface area contributed by atoms with Gasteiger partial charge in [0, 0.05) is 0 Å². The highest BCUT2D eigenvalue weighted by molar-refractivity contribution is 7.80. The second kappa shape index (κ2) is 5.01. The molecule has 2 rings (SSSR count). The molecule has 0 N–H and O–H groups in total. The molecule has 0 saturated carbocycles. The number of ether oxygens (including phenoxy) is 1. The molecular formula is C11H12N4OS. The Kier molecular flexibility index (Phi) is 3.43. The van der Waals surface area contributed by atoms with E-state index in [4.69, 9.17) is 4.74 Å². The van der Waals surface area contributed by atoms with Gasteiger partial charge in [-0.3, -0.25) is 0 Å². The smallest absolute Gasteiger partial charge is 0.208 e. The van der Waals surface area contributed by atoms with Crippen molar-refractivity contribution in [3.05, 3.63) is 35.7 Å². The summed E-state index contributed by atoms with van der Waals surface area (Å²) >= 11 is 4.15. The van der Waals surface area contributed by atoms with Crippen molar-refractivity contribution in [2.45, 2.75) is 12.1 Å². The van der Waals surface area contributed by atoms with Crippen molar-refractivity contribution >= 4 is 18.8 Å². The van der Waals surface area contributed by atoms with Crippen LogP contribution in [0.3, 0.4) is 0 Å². The molecule has 0 aliphatic rings. The van der Waals surface area contributed by atoms with Crippen molar-refractivity contribution in [1.29, 1.82) is 0 Å². The largest absolute Gasteiger partial charge is 0.497 e. The SMILES string of the molecule is COc1cccc(C=Nn2c(C)nnc2S)c1. The van der Waals surface area contributed by atoms with Gasteiger partial charge in [-0.05, 0) is 24.6 Å². The number of thiol groups is 1. The van der Waals surface area contributed by atoms with E-state index < -0.39 is 0 Å². The second-order valence-electron chi connectivity index (χ2n) is 3.38. The van der Waals surface area contributed by atoms with E-state index in [1.807, 2.05) is 31.2 Å². The zero-order valence-electron chi connectivity index (χ0n) is 9.53. The molecule has 17 heavy (non-hydrogen) atoms. The number of aromatic nitrogens is 3. The monoisotopic (exact) mass is 248 g/mol. The summed E-state index contributed by atoms with van der Waals surface area (Å²) in [6.45, 7) is 1.82. The molecule has 0 radical (unpaired) electrons. The highest BCUT2D eigenvalue weighted by atomic mass is 32.1. The Morgan fingerprint density at radius 1 is 1.41 bits per heavy atom. The lowest BCUT2D eigenvalue weighted by atomic mass is 10.2. The van der Waals surface area contributed by atoms with Gasteiger partial charge in [-0.2, -0.15) is 9.78 Å².